The van der Waals surface area contributed by atoms with Gasteiger partial charge in [-0.3, -0.25) is 4.79 Å². The van der Waals surface area contributed by atoms with E-state index in [1.807, 2.05) is 24.4 Å². The monoisotopic (exact) mass is 291 g/mol. The Balaban J connectivity index is 1.91. The van der Waals surface area contributed by atoms with Gasteiger partial charge < -0.3 is 13.8 Å². The number of nitrogens with zero attached hydrogens (tertiary/aromatic N) is 3. The van der Waals surface area contributed by atoms with Crippen LogP contribution in [0.15, 0.2) is 33.0 Å². The lowest BCUT2D eigenvalue weighted by molar-refractivity contribution is 0.109. The van der Waals surface area contributed by atoms with Crippen LogP contribution in [0.4, 0.5) is 0 Å². The first-order valence-electron chi connectivity index (χ1n) is 6.11. The fourth-order valence-electron chi connectivity index (χ4n) is 1.88. The van der Waals surface area contributed by atoms with E-state index >= 15 is 0 Å². The first-order chi connectivity index (χ1) is 9.69. The molecular formula is C13H13N3O3S. The second-order valence-electron chi connectivity index (χ2n) is 4.37. The molecule has 0 saturated heterocycles. The second kappa shape index (κ2) is 5.18. The minimum Gasteiger partial charge on any atom is -0.374 e. The van der Waals surface area contributed by atoms with Crippen molar-refractivity contribution in [1.82, 2.24) is 14.7 Å². The maximum Gasteiger partial charge on any atom is 0.259 e. The van der Waals surface area contributed by atoms with Crippen molar-refractivity contribution in [2.75, 3.05) is 7.11 Å². The third-order valence-corrected chi connectivity index (χ3v) is 3.98. The highest BCUT2D eigenvalue weighted by molar-refractivity contribution is 7.17. The van der Waals surface area contributed by atoms with Crippen LogP contribution in [0.3, 0.4) is 0 Å². The molecule has 104 valence electrons. The SMILES string of the molecule is CO[C@@H](C)c1noc(Cn2ccc3sccc3c2=O)n1. The molecule has 0 aromatic carbocycles. The van der Waals surface area contributed by atoms with E-state index in [-0.39, 0.29) is 18.2 Å². The average molecular weight is 291 g/mol. The van der Waals surface area contributed by atoms with E-state index in [0.717, 1.165) is 4.70 Å². The van der Waals surface area contributed by atoms with Gasteiger partial charge in [0.1, 0.15) is 12.6 Å². The molecule has 0 aliphatic rings. The number of rotatable bonds is 4. The maximum absolute atomic E-state index is 12.2. The predicted molar refractivity (Wildman–Crippen MR) is 74.9 cm³/mol. The number of pyridine rings is 1. The average Bonchev–Trinajstić information content (AvgIpc) is 3.10. The molecule has 20 heavy (non-hydrogen) atoms. The summed E-state index contributed by atoms with van der Waals surface area (Å²) in [7, 11) is 1.58. The zero-order valence-corrected chi connectivity index (χ0v) is 11.9. The number of ether oxygens (including phenoxy) is 1. The molecule has 6 nitrogen and oxygen atoms in total. The first kappa shape index (κ1) is 13.0. The smallest absolute Gasteiger partial charge is 0.259 e. The molecular weight excluding hydrogens is 278 g/mol. The summed E-state index contributed by atoms with van der Waals surface area (Å²) in [5.41, 5.74) is -0.0525. The molecule has 0 N–H and O–H groups in total. The van der Waals surface area contributed by atoms with Gasteiger partial charge in [-0.15, -0.1) is 11.3 Å². The molecule has 0 saturated carbocycles. The zero-order chi connectivity index (χ0) is 14.1. The lowest BCUT2D eigenvalue weighted by atomic mass is 10.3. The largest absolute Gasteiger partial charge is 0.374 e. The van der Waals surface area contributed by atoms with Gasteiger partial charge in [0.15, 0.2) is 5.82 Å². The van der Waals surface area contributed by atoms with Crippen molar-refractivity contribution < 1.29 is 9.26 Å². The van der Waals surface area contributed by atoms with Gasteiger partial charge in [0.05, 0.1) is 5.39 Å². The summed E-state index contributed by atoms with van der Waals surface area (Å²) >= 11 is 1.55. The highest BCUT2D eigenvalue weighted by Gasteiger charge is 2.14. The second-order valence-corrected chi connectivity index (χ2v) is 5.32. The Bertz CT molecular complexity index is 789. The van der Waals surface area contributed by atoms with Gasteiger partial charge in [0, 0.05) is 18.0 Å². The highest BCUT2D eigenvalue weighted by Crippen LogP contribution is 2.17. The van der Waals surface area contributed by atoms with E-state index in [1.165, 1.54) is 0 Å². The molecule has 0 radical (unpaired) electrons. The lowest BCUT2D eigenvalue weighted by Crippen LogP contribution is -2.19. The summed E-state index contributed by atoms with van der Waals surface area (Å²) in [5, 5.41) is 6.46. The van der Waals surface area contributed by atoms with Crippen molar-refractivity contribution in [1.29, 1.82) is 0 Å². The Labute approximate surface area is 118 Å². The standard InChI is InChI=1S/C13H13N3O3S/c1-8(18-2)12-14-11(19-15-12)7-16-5-3-10-9(13(16)17)4-6-20-10/h3-6,8H,7H2,1-2H3/t8-/m0/s1. The normalized spacial score (nSPS) is 12.9. The Morgan fingerprint density at radius 1 is 1.50 bits per heavy atom. The molecule has 3 aromatic heterocycles. The van der Waals surface area contributed by atoms with Crippen molar-refractivity contribution in [3.63, 3.8) is 0 Å². The number of thiophene rings is 1. The van der Waals surface area contributed by atoms with Crippen LogP contribution >= 0.6 is 11.3 Å². The molecule has 0 unspecified atom stereocenters. The highest BCUT2D eigenvalue weighted by atomic mass is 32.1. The van der Waals surface area contributed by atoms with Crippen LogP contribution in [0.5, 0.6) is 0 Å². The first-order valence-corrected chi connectivity index (χ1v) is 6.99. The fourth-order valence-corrected chi connectivity index (χ4v) is 2.65. The van der Waals surface area contributed by atoms with Gasteiger partial charge in [0.25, 0.3) is 5.56 Å². The topological polar surface area (TPSA) is 70.2 Å². The van der Waals surface area contributed by atoms with Crippen LogP contribution in [-0.4, -0.2) is 21.8 Å². The molecule has 0 aliphatic heterocycles. The van der Waals surface area contributed by atoms with Gasteiger partial charge in [-0.2, -0.15) is 4.98 Å². The zero-order valence-electron chi connectivity index (χ0n) is 11.1. The molecule has 7 heteroatoms. The van der Waals surface area contributed by atoms with Crippen LogP contribution in [0, 0.1) is 0 Å². The summed E-state index contributed by atoms with van der Waals surface area (Å²) in [6.07, 6.45) is 1.51. The van der Waals surface area contributed by atoms with Crippen molar-refractivity contribution in [2.24, 2.45) is 0 Å². The Hall–Kier alpha value is -1.99. The van der Waals surface area contributed by atoms with E-state index < -0.39 is 0 Å². The number of hydrogen-bond acceptors (Lipinski definition) is 6. The minimum atomic E-state index is -0.233. The van der Waals surface area contributed by atoms with Gasteiger partial charge >= 0.3 is 0 Å². The van der Waals surface area contributed by atoms with Gasteiger partial charge in [-0.1, -0.05) is 5.16 Å². The summed E-state index contributed by atoms with van der Waals surface area (Å²) in [4.78, 5) is 16.5. The molecule has 0 fully saturated rings. The molecule has 0 amide bonds. The van der Waals surface area contributed by atoms with E-state index in [1.54, 1.807) is 29.2 Å². The molecule has 0 spiro atoms. The Kier molecular flexibility index (Phi) is 3.37. The van der Waals surface area contributed by atoms with Crippen molar-refractivity contribution in [2.45, 2.75) is 19.6 Å². The molecule has 3 rings (SSSR count). The van der Waals surface area contributed by atoms with Crippen LogP contribution in [0.2, 0.25) is 0 Å². The number of aromatic nitrogens is 3. The molecule has 0 bridgehead atoms. The predicted octanol–water partition coefficient (Wildman–Crippen LogP) is 2.20. The molecule has 3 heterocycles. The summed E-state index contributed by atoms with van der Waals surface area (Å²) < 4.78 is 12.8. The van der Waals surface area contributed by atoms with Crippen molar-refractivity contribution in [3.8, 4) is 0 Å². The van der Waals surface area contributed by atoms with Crippen molar-refractivity contribution in [3.05, 3.63) is 45.8 Å². The van der Waals surface area contributed by atoms with E-state index in [4.69, 9.17) is 9.26 Å². The third-order valence-electron chi connectivity index (χ3n) is 3.10. The molecule has 0 aliphatic carbocycles. The Morgan fingerprint density at radius 2 is 2.35 bits per heavy atom. The summed E-state index contributed by atoms with van der Waals surface area (Å²) in [5.74, 6) is 0.868. The lowest BCUT2D eigenvalue weighted by Gasteiger charge is -2.02. The van der Waals surface area contributed by atoms with Crippen LogP contribution in [0.25, 0.3) is 10.1 Å². The number of fused-ring (bicyclic) bond motifs is 1. The van der Waals surface area contributed by atoms with Crippen LogP contribution in [-0.2, 0) is 11.3 Å². The van der Waals surface area contributed by atoms with Crippen molar-refractivity contribution >= 4 is 21.4 Å². The number of hydrogen-bond donors (Lipinski definition) is 0. The van der Waals surface area contributed by atoms with Crippen LogP contribution < -0.4 is 5.56 Å². The molecule has 3 aromatic rings. The van der Waals surface area contributed by atoms with E-state index in [9.17, 15) is 4.79 Å². The molecule has 1 atom stereocenters. The third kappa shape index (κ3) is 2.25. The fraction of sp³-hybridized carbons (Fsp3) is 0.308. The van der Waals surface area contributed by atoms with E-state index in [2.05, 4.69) is 10.1 Å². The summed E-state index contributed by atoms with van der Waals surface area (Å²) in [6, 6.07) is 3.74. The van der Waals surface area contributed by atoms with Gasteiger partial charge in [-0.05, 0) is 24.4 Å². The van der Waals surface area contributed by atoms with Gasteiger partial charge in [-0.25, -0.2) is 0 Å². The quantitative estimate of drug-likeness (QED) is 0.737. The minimum absolute atomic E-state index is 0.0525. The van der Waals surface area contributed by atoms with Crippen LogP contribution in [0.1, 0.15) is 24.7 Å². The number of methoxy groups -OCH3 is 1. The van der Waals surface area contributed by atoms with Gasteiger partial charge in [0.2, 0.25) is 5.89 Å². The summed E-state index contributed by atoms with van der Waals surface area (Å²) in [6.45, 7) is 2.09. The Morgan fingerprint density at radius 3 is 3.15 bits per heavy atom. The van der Waals surface area contributed by atoms with E-state index in [0.29, 0.717) is 17.1 Å². The maximum atomic E-state index is 12.2.